The second-order valence-corrected chi connectivity index (χ2v) is 5.60. The molecule has 0 spiro atoms. The molecular formula is C18H32O3. The summed E-state index contributed by atoms with van der Waals surface area (Å²) in [6.07, 6.45) is 16.6. The molecule has 0 amide bonds. The zero-order valence-corrected chi connectivity index (χ0v) is 13.9. The van der Waals surface area contributed by atoms with Crippen molar-refractivity contribution in [3.05, 3.63) is 12.2 Å². The highest BCUT2D eigenvalue weighted by atomic mass is 16.5. The average molecular weight is 296 g/mol. The number of ether oxygens (including phenoxy) is 1. The molecule has 0 saturated heterocycles. The van der Waals surface area contributed by atoms with E-state index < -0.39 is 0 Å². The number of ketones is 1. The predicted octanol–water partition coefficient (Wildman–Crippen LogP) is 4.99. The molecule has 0 aliphatic heterocycles. The molecule has 21 heavy (non-hydrogen) atoms. The number of carbonyl (C=O) groups excluding carboxylic acids is 2. The van der Waals surface area contributed by atoms with Crippen LogP contribution in [-0.2, 0) is 14.3 Å². The van der Waals surface area contributed by atoms with Crippen LogP contribution in [0.25, 0.3) is 0 Å². The second-order valence-electron chi connectivity index (χ2n) is 5.60. The van der Waals surface area contributed by atoms with Crippen LogP contribution >= 0.6 is 0 Å². The van der Waals surface area contributed by atoms with Crippen LogP contribution in [0.15, 0.2) is 12.2 Å². The summed E-state index contributed by atoms with van der Waals surface area (Å²) >= 11 is 0. The van der Waals surface area contributed by atoms with E-state index in [-0.39, 0.29) is 18.2 Å². The molecule has 0 radical (unpaired) electrons. The van der Waals surface area contributed by atoms with E-state index in [4.69, 9.17) is 4.74 Å². The van der Waals surface area contributed by atoms with Gasteiger partial charge in [0.2, 0.25) is 0 Å². The first-order valence-electron chi connectivity index (χ1n) is 8.47. The van der Waals surface area contributed by atoms with Crippen LogP contribution < -0.4 is 0 Å². The van der Waals surface area contributed by atoms with Gasteiger partial charge in [-0.25, -0.2) is 0 Å². The topological polar surface area (TPSA) is 43.4 Å². The summed E-state index contributed by atoms with van der Waals surface area (Å²) in [5.74, 6) is -0.523. The normalized spacial score (nSPS) is 11.0. The van der Waals surface area contributed by atoms with Crippen molar-refractivity contribution in [2.45, 2.75) is 84.5 Å². The molecule has 0 saturated carbocycles. The van der Waals surface area contributed by atoms with Crippen molar-refractivity contribution in [3.8, 4) is 0 Å². The Hall–Kier alpha value is -1.12. The zero-order chi connectivity index (χ0) is 15.8. The highest BCUT2D eigenvalue weighted by Gasteiger charge is 2.05. The lowest BCUT2D eigenvalue weighted by Gasteiger charge is -2.04. The fraction of sp³-hybridized carbons (Fsp3) is 0.778. The van der Waals surface area contributed by atoms with E-state index in [2.05, 4.69) is 19.1 Å². The molecule has 122 valence electrons. The van der Waals surface area contributed by atoms with Crippen LogP contribution in [-0.4, -0.2) is 18.4 Å². The van der Waals surface area contributed by atoms with Crippen molar-refractivity contribution in [3.63, 3.8) is 0 Å². The number of allylic oxidation sites excluding steroid dienone is 2. The maximum atomic E-state index is 11.1. The molecule has 0 aromatic rings. The van der Waals surface area contributed by atoms with E-state index in [1.165, 1.54) is 51.9 Å². The lowest BCUT2D eigenvalue weighted by atomic mass is 10.1. The number of hydrogen-bond donors (Lipinski definition) is 0. The van der Waals surface area contributed by atoms with Crippen molar-refractivity contribution in [1.29, 1.82) is 0 Å². The largest absolute Gasteiger partial charge is 0.465 e. The maximum absolute atomic E-state index is 11.1. The van der Waals surface area contributed by atoms with Crippen LogP contribution in [0.5, 0.6) is 0 Å². The third kappa shape index (κ3) is 16.8. The number of rotatable bonds is 14. The number of carbonyl (C=O) groups is 2. The first kappa shape index (κ1) is 19.9. The van der Waals surface area contributed by atoms with Gasteiger partial charge < -0.3 is 4.74 Å². The molecule has 0 fully saturated rings. The smallest absolute Gasteiger partial charge is 0.313 e. The lowest BCUT2D eigenvalue weighted by Crippen LogP contribution is -2.09. The molecular weight excluding hydrogens is 264 g/mol. The molecule has 0 unspecified atom stereocenters. The minimum absolute atomic E-state index is 0.0898. The Morgan fingerprint density at radius 1 is 0.857 bits per heavy atom. The van der Waals surface area contributed by atoms with Crippen LogP contribution in [0.3, 0.4) is 0 Å². The minimum Gasteiger partial charge on any atom is -0.465 e. The van der Waals surface area contributed by atoms with Crippen LogP contribution in [0.1, 0.15) is 84.5 Å². The van der Waals surface area contributed by atoms with Crippen LogP contribution in [0, 0.1) is 0 Å². The van der Waals surface area contributed by atoms with E-state index in [1.54, 1.807) is 0 Å². The maximum Gasteiger partial charge on any atom is 0.313 e. The van der Waals surface area contributed by atoms with E-state index >= 15 is 0 Å². The molecule has 0 aromatic heterocycles. The standard InChI is InChI=1S/C18H32O3/c1-3-4-5-6-7-8-9-10-11-12-13-14-15-21-18(20)16-17(2)19/h4-5H,3,6-16H2,1-2H3/b5-4-. The third-order valence-corrected chi connectivity index (χ3v) is 3.32. The Balaban J connectivity index is 3.14. The predicted molar refractivity (Wildman–Crippen MR) is 87.2 cm³/mol. The monoisotopic (exact) mass is 296 g/mol. The Morgan fingerprint density at radius 2 is 1.43 bits per heavy atom. The van der Waals surface area contributed by atoms with E-state index in [9.17, 15) is 9.59 Å². The van der Waals surface area contributed by atoms with Crippen molar-refractivity contribution >= 4 is 11.8 Å². The average Bonchev–Trinajstić information content (AvgIpc) is 2.43. The highest BCUT2D eigenvalue weighted by molar-refractivity contribution is 5.94. The van der Waals surface area contributed by atoms with Crippen molar-refractivity contribution in [1.82, 2.24) is 0 Å². The van der Waals surface area contributed by atoms with Gasteiger partial charge in [-0.3, -0.25) is 9.59 Å². The van der Waals surface area contributed by atoms with Gasteiger partial charge in [-0.15, -0.1) is 0 Å². The van der Waals surface area contributed by atoms with Gasteiger partial charge in [-0.05, 0) is 32.6 Å². The first-order chi connectivity index (χ1) is 10.2. The molecule has 0 bridgehead atoms. The number of unbranched alkanes of at least 4 members (excludes halogenated alkanes) is 8. The molecule has 0 heterocycles. The van der Waals surface area contributed by atoms with Crippen LogP contribution in [0.4, 0.5) is 0 Å². The van der Waals surface area contributed by atoms with Crippen LogP contribution in [0.2, 0.25) is 0 Å². The van der Waals surface area contributed by atoms with Gasteiger partial charge in [-0.2, -0.15) is 0 Å². The summed E-state index contributed by atoms with van der Waals surface area (Å²) in [4.78, 5) is 21.8. The van der Waals surface area contributed by atoms with Crippen molar-refractivity contribution in [2.24, 2.45) is 0 Å². The SMILES string of the molecule is CC/C=C\CCCCCCCCCCOC(=O)CC(C)=O. The molecule has 0 aliphatic rings. The fourth-order valence-corrected chi connectivity index (χ4v) is 2.15. The van der Waals surface area contributed by atoms with Gasteiger partial charge in [0.1, 0.15) is 12.2 Å². The highest BCUT2D eigenvalue weighted by Crippen LogP contribution is 2.10. The zero-order valence-electron chi connectivity index (χ0n) is 13.9. The molecule has 0 aromatic carbocycles. The first-order valence-corrected chi connectivity index (χ1v) is 8.47. The molecule has 0 atom stereocenters. The Kier molecular flexibility index (Phi) is 14.5. The summed E-state index contributed by atoms with van der Waals surface area (Å²) < 4.78 is 4.98. The van der Waals surface area contributed by atoms with Crippen molar-refractivity contribution in [2.75, 3.05) is 6.61 Å². The Morgan fingerprint density at radius 3 is 2.00 bits per heavy atom. The quantitative estimate of drug-likeness (QED) is 0.196. The van der Waals surface area contributed by atoms with E-state index in [0.29, 0.717) is 6.61 Å². The summed E-state index contributed by atoms with van der Waals surface area (Å²) in [6, 6.07) is 0. The third-order valence-electron chi connectivity index (χ3n) is 3.32. The second kappa shape index (κ2) is 15.3. The molecule has 0 aliphatic carbocycles. The molecule has 0 N–H and O–H groups in total. The summed E-state index contributed by atoms with van der Waals surface area (Å²) in [5, 5.41) is 0. The summed E-state index contributed by atoms with van der Waals surface area (Å²) in [6.45, 7) is 4.03. The molecule has 3 nitrogen and oxygen atoms in total. The number of hydrogen-bond acceptors (Lipinski definition) is 3. The molecule has 0 rings (SSSR count). The van der Waals surface area contributed by atoms with Crippen molar-refractivity contribution < 1.29 is 14.3 Å². The van der Waals surface area contributed by atoms with Gasteiger partial charge in [0.05, 0.1) is 6.61 Å². The Bertz CT molecular complexity index is 295. The van der Waals surface area contributed by atoms with E-state index in [0.717, 1.165) is 19.3 Å². The lowest BCUT2D eigenvalue weighted by molar-refractivity contribution is -0.145. The number of Topliss-reactive ketones (excluding diaryl/α,β-unsaturated/α-hetero) is 1. The van der Waals surface area contributed by atoms with Gasteiger partial charge >= 0.3 is 5.97 Å². The van der Waals surface area contributed by atoms with E-state index in [1.807, 2.05) is 0 Å². The minimum atomic E-state index is -0.389. The summed E-state index contributed by atoms with van der Waals surface area (Å²) in [7, 11) is 0. The molecule has 3 heteroatoms. The van der Waals surface area contributed by atoms with Gasteiger partial charge in [0.15, 0.2) is 0 Å². The van der Waals surface area contributed by atoms with Gasteiger partial charge in [0, 0.05) is 0 Å². The fourth-order valence-electron chi connectivity index (χ4n) is 2.15. The Labute approximate surface area is 130 Å². The summed E-state index contributed by atoms with van der Waals surface area (Å²) in [5.41, 5.74) is 0. The van der Waals surface area contributed by atoms with Gasteiger partial charge in [-0.1, -0.05) is 57.6 Å². The number of esters is 1. The van der Waals surface area contributed by atoms with Gasteiger partial charge in [0.25, 0.3) is 0 Å².